The van der Waals surface area contributed by atoms with E-state index in [1.54, 1.807) is 0 Å². The summed E-state index contributed by atoms with van der Waals surface area (Å²) in [6, 6.07) is 1.03. The molecule has 0 aliphatic heterocycles. The number of hydrogen-bond donors (Lipinski definition) is 3. The van der Waals surface area contributed by atoms with Crippen molar-refractivity contribution >= 4 is 11.6 Å². The van der Waals surface area contributed by atoms with Crippen LogP contribution in [0.5, 0.6) is 11.5 Å². The first-order chi connectivity index (χ1) is 6.46. The monoisotopic (exact) mass is 217 g/mol. The third-order valence-electron chi connectivity index (χ3n) is 2.49. The second-order valence-electron chi connectivity index (χ2n) is 3.57. The maximum Gasteiger partial charge on any atom is 0.174 e. The van der Waals surface area contributed by atoms with Crippen LogP contribution in [0.3, 0.4) is 0 Å². The van der Waals surface area contributed by atoms with Gasteiger partial charge in [0.1, 0.15) is 10.8 Å². The van der Waals surface area contributed by atoms with Gasteiger partial charge in [0.25, 0.3) is 0 Å². The maximum absolute atomic E-state index is 13.1. The van der Waals surface area contributed by atoms with Gasteiger partial charge in [-0.2, -0.15) is 0 Å². The van der Waals surface area contributed by atoms with Crippen LogP contribution in [0.15, 0.2) is 6.07 Å². The molecule has 76 valence electrons. The highest BCUT2D eigenvalue weighted by Gasteiger charge is 2.43. The van der Waals surface area contributed by atoms with Crippen molar-refractivity contribution in [3.05, 3.63) is 22.5 Å². The molecular weight excluding hydrogens is 209 g/mol. The van der Waals surface area contributed by atoms with E-state index in [4.69, 9.17) is 22.4 Å². The molecule has 0 atom stereocenters. The molecule has 2 rings (SSSR count). The van der Waals surface area contributed by atoms with Crippen LogP contribution in [-0.4, -0.2) is 10.2 Å². The molecule has 4 N–H and O–H groups in total. The van der Waals surface area contributed by atoms with Crippen LogP contribution in [0.25, 0.3) is 0 Å². The second kappa shape index (κ2) is 2.74. The predicted octanol–water partition coefficient (Wildman–Crippen LogP) is 1.84. The van der Waals surface area contributed by atoms with Gasteiger partial charge in [0, 0.05) is 11.1 Å². The lowest BCUT2D eigenvalue weighted by atomic mass is 10.0. The second-order valence-corrected chi connectivity index (χ2v) is 3.95. The number of rotatable bonds is 1. The smallest absolute Gasteiger partial charge is 0.174 e. The third kappa shape index (κ3) is 1.22. The molecule has 0 aromatic heterocycles. The van der Waals surface area contributed by atoms with Gasteiger partial charge in [-0.05, 0) is 18.9 Å². The van der Waals surface area contributed by atoms with Crippen LogP contribution in [0.1, 0.15) is 18.4 Å². The third-order valence-corrected chi connectivity index (χ3v) is 2.85. The minimum atomic E-state index is -0.862. The highest BCUT2D eigenvalue weighted by atomic mass is 35.5. The number of aromatic hydroxyl groups is 2. The fourth-order valence-corrected chi connectivity index (χ4v) is 1.57. The fraction of sp³-hybridized carbons (Fsp3) is 0.333. The Hall–Kier alpha value is -1.00. The SMILES string of the molecule is NC1(c2cc(F)c(O)c(Cl)c2O)CC1. The average Bonchev–Trinajstić information content (AvgIpc) is 2.87. The average molecular weight is 218 g/mol. The van der Waals surface area contributed by atoms with E-state index in [2.05, 4.69) is 0 Å². The topological polar surface area (TPSA) is 66.5 Å². The normalized spacial score (nSPS) is 18.2. The number of nitrogens with two attached hydrogens (primary N) is 1. The first-order valence-electron chi connectivity index (χ1n) is 4.15. The number of benzene rings is 1. The number of hydrogen-bond acceptors (Lipinski definition) is 3. The van der Waals surface area contributed by atoms with E-state index in [0.29, 0.717) is 12.8 Å². The van der Waals surface area contributed by atoms with Crippen molar-refractivity contribution in [1.29, 1.82) is 0 Å². The first-order valence-corrected chi connectivity index (χ1v) is 4.53. The van der Waals surface area contributed by atoms with Crippen LogP contribution < -0.4 is 5.73 Å². The van der Waals surface area contributed by atoms with Crippen molar-refractivity contribution in [2.45, 2.75) is 18.4 Å². The first kappa shape index (κ1) is 9.55. The molecular formula is C9H9ClFNO2. The van der Waals surface area contributed by atoms with Gasteiger partial charge in [-0.25, -0.2) is 4.39 Å². The van der Waals surface area contributed by atoms with Gasteiger partial charge in [0.15, 0.2) is 11.6 Å². The van der Waals surface area contributed by atoms with Crippen LogP contribution in [-0.2, 0) is 5.54 Å². The molecule has 1 aromatic rings. The number of phenolic OH excluding ortho intramolecular Hbond substituents is 2. The Morgan fingerprint density at radius 3 is 2.43 bits per heavy atom. The van der Waals surface area contributed by atoms with Crippen molar-refractivity contribution in [3.8, 4) is 11.5 Å². The Labute approximate surface area is 84.9 Å². The molecule has 0 bridgehead atoms. The molecule has 1 saturated carbocycles. The number of phenols is 2. The molecule has 1 aliphatic carbocycles. The summed E-state index contributed by atoms with van der Waals surface area (Å²) in [6.07, 6.45) is 1.36. The van der Waals surface area contributed by atoms with Gasteiger partial charge in [-0.15, -0.1) is 0 Å². The van der Waals surface area contributed by atoms with Crippen LogP contribution >= 0.6 is 11.6 Å². The zero-order chi connectivity index (χ0) is 10.5. The summed E-state index contributed by atoms with van der Waals surface area (Å²) in [5.74, 6) is -1.93. The molecule has 5 heteroatoms. The summed E-state index contributed by atoms with van der Waals surface area (Å²) in [4.78, 5) is 0. The van der Waals surface area contributed by atoms with Crippen molar-refractivity contribution < 1.29 is 14.6 Å². The summed E-state index contributed by atoms with van der Waals surface area (Å²) in [5, 5.41) is 18.3. The standard InChI is InChI=1S/C9H9ClFNO2/c10-6-7(13)4(9(12)1-2-9)3-5(11)8(6)14/h3,13-14H,1-2,12H2. The van der Waals surface area contributed by atoms with Gasteiger partial charge in [-0.3, -0.25) is 0 Å². The Kier molecular flexibility index (Phi) is 1.87. The lowest BCUT2D eigenvalue weighted by molar-refractivity contribution is 0.413. The summed E-state index contributed by atoms with van der Waals surface area (Å²) in [5.41, 5.74) is 5.37. The molecule has 0 heterocycles. The maximum atomic E-state index is 13.1. The molecule has 1 fully saturated rings. The van der Waals surface area contributed by atoms with Crippen LogP contribution in [0.4, 0.5) is 4.39 Å². The molecule has 1 aromatic carbocycles. The van der Waals surface area contributed by atoms with E-state index in [0.717, 1.165) is 6.07 Å². The Balaban J connectivity index is 2.62. The van der Waals surface area contributed by atoms with E-state index < -0.39 is 17.1 Å². The van der Waals surface area contributed by atoms with E-state index in [-0.39, 0.29) is 16.3 Å². The molecule has 0 unspecified atom stereocenters. The Morgan fingerprint density at radius 1 is 1.36 bits per heavy atom. The van der Waals surface area contributed by atoms with Crippen molar-refractivity contribution in [3.63, 3.8) is 0 Å². The van der Waals surface area contributed by atoms with Crippen LogP contribution in [0, 0.1) is 5.82 Å². The lowest BCUT2D eigenvalue weighted by Crippen LogP contribution is -2.19. The highest BCUT2D eigenvalue weighted by molar-refractivity contribution is 6.33. The summed E-state index contributed by atoms with van der Waals surface area (Å²) >= 11 is 5.53. The van der Waals surface area contributed by atoms with Crippen LogP contribution in [0.2, 0.25) is 5.02 Å². The molecule has 0 spiro atoms. The van der Waals surface area contributed by atoms with E-state index >= 15 is 0 Å². The summed E-state index contributed by atoms with van der Waals surface area (Å²) < 4.78 is 13.1. The van der Waals surface area contributed by atoms with E-state index in [1.165, 1.54) is 0 Å². The molecule has 0 saturated heterocycles. The van der Waals surface area contributed by atoms with Crippen molar-refractivity contribution in [2.24, 2.45) is 5.73 Å². The molecule has 0 amide bonds. The molecule has 3 nitrogen and oxygen atoms in total. The van der Waals surface area contributed by atoms with Gasteiger partial charge in [0.2, 0.25) is 0 Å². The summed E-state index contributed by atoms with van der Waals surface area (Å²) in [7, 11) is 0. The fourth-order valence-electron chi connectivity index (χ4n) is 1.38. The lowest BCUT2D eigenvalue weighted by Gasteiger charge is -2.13. The Morgan fingerprint density at radius 2 is 1.93 bits per heavy atom. The predicted molar refractivity (Wildman–Crippen MR) is 49.8 cm³/mol. The zero-order valence-corrected chi connectivity index (χ0v) is 7.98. The minimum Gasteiger partial charge on any atom is -0.506 e. The molecule has 1 aliphatic rings. The molecule has 0 radical (unpaired) electrons. The molecule has 14 heavy (non-hydrogen) atoms. The zero-order valence-electron chi connectivity index (χ0n) is 7.22. The van der Waals surface area contributed by atoms with Crippen molar-refractivity contribution in [1.82, 2.24) is 0 Å². The number of halogens is 2. The van der Waals surface area contributed by atoms with Gasteiger partial charge < -0.3 is 15.9 Å². The van der Waals surface area contributed by atoms with Gasteiger partial charge >= 0.3 is 0 Å². The highest BCUT2D eigenvalue weighted by Crippen LogP contribution is 2.50. The van der Waals surface area contributed by atoms with E-state index in [1.807, 2.05) is 0 Å². The van der Waals surface area contributed by atoms with Gasteiger partial charge in [-0.1, -0.05) is 11.6 Å². The quantitative estimate of drug-likeness (QED) is 0.673. The summed E-state index contributed by atoms with van der Waals surface area (Å²) in [6.45, 7) is 0. The Bertz CT molecular complexity index is 404. The van der Waals surface area contributed by atoms with Gasteiger partial charge in [0.05, 0.1) is 0 Å². The van der Waals surface area contributed by atoms with E-state index in [9.17, 15) is 9.50 Å². The largest absolute Gasteiger partial charge is 0.506 e. The minimum absolute atomic E-state index is 0.262. The van der Waals surface area contributed by atoms with Crippen molar-refractivity contribution in [2.75, 3.05) is 0 Å².